The molecule has 0 unspecified atom stereocenters. The number of fused-ring (bicyclic) bond motifs is 1. The molecule has 6 nitrogen and oxygen atoms in total. The Kier molecular flexibility index (Phi) is 7.98. The average molecular weight is 512 g/mol. The van der Waals surface area contributed by atoms with Crippen LogP contribution in [0.2, 0.25) is 5.02 Å². The average Bonchev–Trinajstić information content (AvgIpc) is 3.31. The quantitative estimate of drug-likeness (QED) is 0.413. The van der Waals surface area contributed by atoms with Gasteiger partial charge in [0.2, 0.25) is 5.91 Å². The standard InChI is InChI=1S/C27H30ClN3O3S/c1-18(2)31(27(33)29-21-6-4-5-20(28)15-21)16-26(32)30-13-11-25-23(12-14-35-25)24(30)17-34-22-9-7-19(3)8-10-22/h4-10,12,14-15,18,24H,11,13,16-17H2,1-3H3,(H,29,33)/t24-/m0/s1. The van der Waals surface area contributed by atoms with Crippen molar-refractivity contribution in [3.05, 3.63) is 81.0 Å². The van der Waals surface area contributed by atoms with E-state index in [4.69, 9.17) is 16.3 Å². The van der Waals surface area contributed by atoms with Crippen molar-refractivity contribution in [1.29, 1.82) is 0 Å². The number of hydrogen-bond acceptors (Lipinski definition) is 4. The van der Waals surface area contributed by atoms with Gasteiger partial charge in [0, 0.05) is 28.2 Å². The fourth-order valence-corrected chi connectivity index (χ4v) is 5.29. The third kappa shape index (κ3) is 6.16. The predicted molar refractivity (Wildman–Crippen MR) is 141 cm³/mol. The van der Waals surface area contributed by atoms with E-state index in [9.17, 15) is 9.59 Å². The lowest BCUT2D eigenvalue weighted by Crippen LogP contribution is -2.50. The van der Waals surface area contributed by atoms with Gasteiger partial charge in [-0.1, -0.05) is 35.4 Å². The van der Waals surface area contributed by atoms with Crippen molar-refractivity contribution >= 4 is 40.6 Å². The summed E-state index contributed by atoms with van der Waals surface area (Å²) in [5.41, 5.74) is 2.88. The molecule has 0 radical (unpaired) electrons. The van der Waals surface area contributed by atoms with Crippen molar-refractivity contribution in [2.24, 2.45) is 0 Å². The molecule has 0 spiro atoms. The highest BCUT2D eigenvalue weighted by Crippen LogP contribution is 2.34. The van der Waals surface area contributed by atoms with Crippen LogP contribution < -0.4 is 10.1 Å². The number of nitrogens with one attached hydrogen (secondary N) is 1. The molecule has 1 aliphatic rings. The molecule has 0 aliphatic carbocycles. The van der Waals surface area contributed by atoms with Crippen LogP contribution in [0.15, 0.2) is 60.0 Å². The number of carbonyl (C=O) groups excluding carboxylic acids is 2. The molecule has 1 aliphatic heterocycles. The highest BCUT2D eigenvalue weighted by molar-refractivity contribution is 7.10. The van der Waals surface area contributed by atoms with Gasteiger partial charge < -0.3 is 19.9 Å². The summed E-state index contributed by atoms with van der Waals surface area (Å²) in [4.78, 5) is 31.3. The number of hydrogen-bond donors (Lipinski definition) is 1. The van der Waals surface area contributed by atoms with Crippen molar-refractivity contribution < 1.29 is 14.3 Å². The SMILES string of the molecule is Cc1ccc(OC[C@H]2c3ccsc3CCN2C(=O)CN(C(=O)Nc2cccc(Cl)c2)C(C)C)cc1. The van der Waals surface area contributed by atoms with Crippen molar-refractivity contribution in [3.63, 3.8) is 0 Å². The van der Waals surface area contributed by atoms with E-state index in [2.05, 4.69) is 16.8 Å². The second-order valence-electron chi connectivity index (χ2n) is 8.94. The Labute approximate surface area is 215 Å². The zero-order valence-electron chi connectivity index (χ0n) is 20.2. The van der Waals surface area contributed by atoms with Gasteiger partial charge in [-0.25, -0.2) is 4.79 Å². The van der Waals surface area contributed by atoms with Crippen LogP contribution in [0.3, 0.4) is 0 Å². The zero-order chi connectivity index (χ0) is 24.9. The molecule has 0 saturated carbocycles. The van der Waals surface area contributed by atoms with Gasteiger partial charge in [0.05, 0.1) is 6.04 Å². The lowest BCUT2D eigenvalue weighted by atomic mass is 10.0. The number of thiophene rings is 1. The van der Waals surface area contributed by atoms with Crippen LogP contribution in [0.25, 0.3) is 0 Å². The topological polar surface area (TPSA) is 61.9 Å². The first-order valence-corrected chi connectivity index (χ1v) is 13.0. The molecule has 2 heterocycles. The number of carbonyl (C=O) groups is 2. The number of anilines is 1. The molecular formula is C27H30ClN3O3S. The maximum atomic E-state index is 13.6. The second-order valence-corrected chi connectivity index (χ2v) is 10.4. The van der Waals surface area contributed by atoms with Crippen LogP contribution in [0.5, 0.6) is 5.75 Å². The molecule has 0 saturated heterocycles. The number of rotatable bonds is 7. The number of benzene rings is 2. The third-order valence-corrected chi connectivity index (χ3v) is 7.34. The number of urea groups is 1. The maximum absolute atomic E-state index is 13.6. The van der Waals surface area contributed by atoms with Crippen LogP contribution in [-0.4, -0.2) is 47.5 Å². The van der Waals surface area contributed by atoms with E-state index in [1.54, 1.807) is 40.5 Å². The number of ether oxygens (including phenoxy) is 1. The largest absolute Gasteiger partial charge is 0.491 e. The van der Waals surface area contributed by atoms with Crippen molar-refractivity contribution in [3.8, 4) is 5.75 Å². The molecule has 4 rings (SSSR count). The van der Waals surface area contributed by atoms with Gasteiger partial charge in [0.15, 0.2) is 0 Å². The van der Waals surface area contributed by atoms with Crippen molar-refractivity contribution in [1.82, 2.24) is 9.80 Å². The summed E-state index contributed by atoms with van der Waals surface area (Å²) < 4.78 is 6.10. The van der Waals surface area contributed by atoms with Crippen LogP contribution in [0.4, 0.5) is 10.5 Å². The van der Waals surface area contributed by atoms with Gasteiger partial charge in [-0.3, -0.25) is 4.79 Å². The van der Waals surface area contributed by atoms with E-state index in [1.165, 1.54) is 4.88 Å². The monoisotopic (exact) mass is 511 g/mol. The van der Waals surface area contributed by atoms with Crippen molar-refractivity contribution in [2.45, 2.75) is 39.3 Å². The number of nitrogens with zero attached hydrogens (tertiary/aromatic N) is 2. The first-order valence-electron chi connectivity index (χ1n) is 11.7. The molecule has 3 aromatic rings. The minimum Gasteiger partial charge on any atom is -0.491 e. The van der Waals surface area contributed by atoms with Crippen molar-refractivity contribution in [2.75, 3.05) is 25.0 Å². The van der Waals surface area contributed by atoms with E-state index in [1.807, 2.05) is 49.9 Å². The van der Waals surface area contributed by atoms with E-state index in [0.29, 0.717) is 23.9 Å². The second kappa shape index (κ2) is 11.1. The summed E-state index contributed by atoms with van der Waals surface area (Å²) in [6.45, 7) is 6.76. The Morgan fingerprint density at radius 1 is 1.20 bits per heavy atom. The lowest BCUT2D eigenvalue weighted by molar-refractivity contribution is -0.135. The number of halogens is 1. The highest BCUT2D eigenvalue weighted by atomic mass is 35.5. The molecule has 2 aromatic carbocycles. The Balaban J connectivity index is 1.48. The highest BCUT2D eigenvalue weighted by Gasteiger charge is 2.34. The summed E-state index contributed by atoms with van der Waals surface area (Å²) in [6, 6.07) is 16.2. The molecule has 3 amide bonds. The fraction of sp³-hybridized carbons (Fsp3) is 0.333. The molecule has 0 bridgehead atoms. The molecule has 0 fully saturated rings. The van der Waals surface area contributed by atoms with Crippen LogP contribution in [0.1, 0.15) is 35.9 Å². The molecule has 1 atom stereocenters. The van der Waals surface area contributed by atoms with E-state index < -0.39 is 0 Å². The summed E-state index contributed by atoms with van der Waals surface area (Å²) in [6.07, 6.45) is 0.802. The van der Waals surface area contributed by atoms with Gasteiger partial charge in [0.1, 0.15) is 18.9 Å². The number of aryl methyl sites for hydroxylation is 1. The van der Waals surface area contributed by atoms with Gasteiger partial charge in [-0.15, -0.1) is 11.3 Å². The smallest absolute Gasteiger partial charge is 0.322 e. The van der Waals surface area contributed by atoms with Gasteiger partial charge in [0.25, 0.3) is 0 Å². The van der Waals surface area contributed by atoms with E-state index in [0.717, 1.165) is 23.3 Å². The number of amides is 3. The van der Waals surface area contributed by atoms with E-state index >= 15 is 0 Å². The first kappa shape index (κ1) is 25.1. The van der Waals surface area contributed by atoms with Crippen LogP contribution in [-0.2, 0) is 11.2 Å². The summed E-state index contributed by atoms with van der Waals surface area (Å²) in [7, 11) is 0. The third-order valence-electron chi connectivity index (χ3n) is 6.11. The summed E-state index contributed by atoms with van der Waals surface area (Å²) in [5, 5.41) is 5.45. The molecule has 184 valence electrons. The van der Waals surface area contributed by atoms with Crippen LogP contribution in [0, 0.1) is 6.92 Å². The van der Waals surface area contributed by atoms with E-state index in [-0.39, 0.29) is 30.6 Å². The van der Waals surface area contributed by atoms with Gasteiger partial charge in [-0.05, 0) is 74.5 Å². The minimum absolute atomic E-state index is 0.0232. The molecule has 1 N–H and O–H groups in total. The fourth-order valence-electron chi connectivity index (χ4n) is 4.17. The summed E-state index contributed by atoms with van der Waals surface area (Å²) >= 11 is 7.76. The predicted octanol–water partition coefficient (Wildman–Crippen LogP) is 6.16. The Hall–Kier alpha value is -3.03. The molecule has 35 heavy (non-hydrogen) atoms. The summed E-state index contributed by atoms with van der Waals surface area (Å²) in [5.74, 6) is 0.671. The Morgan fingerprint density at radius 2 is 1.97 bits per heavy atom. The van der Waals surface area contributed by atoms with Gasteiger partial charge >= 0.3 is 6.03 Å². The van der Waals surface area contributed by atoms with Gasteiger partial charge in [-0.2, -0.15) is 0 Å². The molecule has 8 heteroatoms. The molecule has 1 aromatic heterocycles. The minimum atomic E-state index is -0.337. The zero-order valence-corrected chi connectivity index (χ0v) is 21.7. The first-order chi connectivity index (χ1) is 16.8. The normalized spacial score (nSPS) is 15.0. The Morgan fingerprint density at radius 3 is 2.69 bits per heavy atom. The molecular weight excluding hydrogens is 482 g/mol. The maximum Gasteiger partial charge on any atom is 0.322 e. The lowest BCUT2D eigenvalue weighted by Gasteiger charge is -2.37. The Bertz CT molecular complexity index is 1180. The van der Waals surface area contributed by atoms with Crippen LogP contribution >= 0.6 is 22.9 Å².